The van der Waals surface area contributed by atoms with E-state index in [2.05, 4.69) is 20.1 Å². The maximum atomic E-state index is 13.2. The molecule has 11 heteroatoms. The molecule has 0 amide bonds. The van der Waals surface area contributed by atoms with Crippen molar-refractivity contribution in [3.05, 3.63) is 58.8 Å². The third-order valence-corrected chi connectivity index (χ3v) is 7.48. The molecule has 3 aromatic rings. The third-order valence-electron chi connectivity index (χ3n) is 7.25. The van der Waals surface area contributed by atoms with E-state index in [0.717, 1.165) is 54.6 Å². The minimum atomic E-state index is -4.30. The van der Waals surface area contributed by atoms with Gasteiger partial charge in [0.2, 0.25) is 0 Å². The van der Waals surface area contributed by atoms with E-state index < -0.39 is 12.7 Å². The fourth-order valence-corrected chi connectivity index (χ4v) is 6.03. The van der Waals surface area contributed by atoms with E-state index in [-0.39, 0.29) is 24.4 Å². The molecule has 0 unspecified atom stereocenters. The molecule has 4 heterocycles. The van der Waals surface area contributed by atoms with Crippen LogP contribution in [0.5, 0.6) is 5.75 Å². The third kappa shape index (κ3) is 4.02. The first-order valence-electron chi connectivity index (χ1n) is 11.5. The van der Waals surface area contributed by atoms with Crippen LogP contribution < -0.4 is 9.64 Å². The van der Waals surface area contributed by atoms with Crippen LogP contribution in [0.25, 0.3) is 5.69 Å². The maximum Gasteiger partial charge on any atom is 0.401 e. The first kappa shape index (κ1) is 22.6. The number of nitrogens with zero attached hydrogens (tertiary/aromatic N) is 6. The number of anilines is 1. The molecule has 6 rings (SSSR count). The number of halogens is 4. The Kier molecular flexibility index (Phi) is 5.23. The molecule has 0 atom stereocenters. The summed E-state index contributed by atoms with van der Waals surface area (Å²) in [4.78, 5) is 8.05. The number of hydrogen-bond donors (Lipinski definition) is 0. The first-order valence-corrected chi connectivity index (χ1v) is 11.9. The van der Waals surface area contributed by atoms with Crippen molar-refractivity contribution in [1.82, 2.24) is 24.6 Å². The second-order valence-corrected chi connectivity index (χ2v) is 10.3. The average molecular weight is 505 g/mol. The maximum absolute atomic E-state index is 13.2. The fourth-order valence-electron chi connectivity index (χ4n) is 5.84. The minimum absolute atomic E-state index is 0.0733. The van der Waals surface area contributed by atoms with Crippen LogP contribution in [-0.4, -0.2) is 57.6 Å². The van der Waals surface area contributed by atoms with Gasteiger partial charge in [0.25, 0.3) is 0 Å². The standard InChI is InChI=1S/C24H24ClF3N6O/c1-35-19-3-2-6-29-22(19)33-12-23(13-33)8-16(9-23)21-31-30-20-11-32(14-24(26,27)28)10-15-7-17(25)4-5-18(15)34(20)21/h2-7,16H,8-14H2,1H3. The summed E-state index contributed by atoms with van der Waals surface area (Å²) >= 11 is 6.20. The van der Waals surface area contributed by atoms with Gasteiger partial charge in [0.1, 0.15) is 5.82 Å². The van der Waals surface area contributed by atoms with E-state index in [0.29, 0.717) is 10.8 Å². The molecular formula is C24H24ClF3N6O. The molecule has 184 valence electrons. The number of alkyl halides is 3. The molecule has 1 aromatic carbocycles. The van der Waals surface area contributed by atoms with E-state index >= 15 is 0 Å². The summed E-state index contributed by atoms with van der Waals surface area (Å²) < 4.78 is 47.0. The number of fused-ring (bicyclic) bond motifs is 3. The highest BCUT2D eigenvalue weighted by Gasteiger charge is 2.55. The van der Waals surface area contributed by atoms with Crippen LogP contribution in [0, 0.1) is 5.41 Å². The van der Waals surface area contributed by atoms with Crippen LogP contribution in [0.4, 0.5) is 19.0 Å². The Hall–Kier alpha value is -2.85. The number of hydrogen-bond acceptors (Lipinski definition) is 6. The lowest BCUT2D eigenvalue weighted by Gasteiger charge is -2.59. The number of pyridine rings is 1. The molecule has 1 aliphatic carbocycles. The van der Waals surface area contributed by atoms with Crippen LogP contribution in [0.1, 0.15) is 36.0 Å². The number of rotatable bonds is 4. The van der Waals surface area contributed by atoms with Crippen molar-refractivity contribution in [2.45, 2.75) is 38.0 Å². The van der Waals surface area contributed by atoms with Gasteiger partial charge in [-0.3, -0.25) is 9.47 Å². The second-order valence-electron chi connectivity index (χ2n) is 9.83. The normalized spacial score (nSPS) is 19.5. The molecule has 3 aliphatic rings. The van der Waals surface area contributed by atoms with Gasteiger partial charge in [-0.15, -0.1) is 10.2 Å². The lowest BCUT2D eigenvalue weighted by atomic mass is 9.57. The summed E-state index contributed by atoms with van der Waals surface area (Å²) in [6.45, 7) is 0.991. The largest absolute Gasteiger partial charge is 0.493 e. The Balaban J connectivity index is 1.24. The molecule has 1 saturated carbocycles. The van der Waals surface area contributed by atoms with Crippen molar-refractivity contribution in [3.63, 3.8) is 0 Å². The lowest BCUT2D eigenvalue weighted by molar-refractivity contribution is -0.148. The number of aromatic nitrogens is 4. The van der Waals surface area contributed by atoms with Gasteiger partial charge in [-0.25, -0.2) is 4.98 Å². The Bertz CT molecular complexity index is 1260. The van der Waals surface area contributed by atoms with Gasteiger partial charge < -0.3 is 9.64 Å². The highest BCUT2D eigenvalue weighted by atomic mass is 35.5. The minimum Gasteiger partial charge on any atom is -0.493 e. The van der Waals surface area contributed by atoms with Crippen LogP contribution >= 0.6 is 11.6 Å². The molecule has 1 spiro atoms. The molecule has 1 saturated heterocycles. The molecule has 2 aromatic heterocycles. The van der Waals surface area contributed by atoms with Crippen molar-refractivity contribution < 1.29 is 17.9 Å². The highest BCUT2D eigenvalue weighted by molar-refractivity contribution is 6.30. The van der Waals surface area contributed by atoms with Gasteiger partial charge in [-0.2, -0.15) is 13.2 Å². The second kappa shape index (κ2) is 8.09. The molecule has 7 nitrogen and oxygen atoms in total. The molecule has 0 bridgehead atoms. The van der Waals surface area contributed by atoms with Gasteiger partial charge in [0.05, 0.1) is 25.9 Å². The van der Waals surface area contributed by atoms with Gasteiger partial charge in [-0.05, 0) is 48.7 Å². The van der Waals surface area contributed by atoms with Crippen molar-refractivity contribution in [1.29, 1.82) is 0 Å². The topological polar surface area (TPSA) is 59.3 Å². The molecule has 35 heavy (non-hydrogen) atoms. The summed E-state index contributed by atoms with van der Waals surface area (Å²) in [6.07, 6.45) is -0.634. The van der Waals surface area contributed by atoms with E-state index in [1.54, 1.807) is 25.4 Å². The quantitative estimate of drug-likeness (QED) is 0.518. The fraction of sp³-hybridized carbons (Fsp3) is 0.458. The number of benzene rings is 1. The number of ether oxygens (including phenoxy) is 1. The van der Waals surface area contributed by atoms with Crippen LogP contribution in [0.3, 0.4) is 0 Å². The predicted octanol–water partition coefficient (Wildman–Crippen LogP) is 4.59. The summed E-state index contributed by atoms with van der Waals surface area (Å²) in [5, 5.41) is 9.30. The zero-order valence-electron chi connectivity index (χ0n) is 19.1. The molecular weight excluding hydrogens is 481 g/mol. The molecule has 2 aliphatic heterocycles. The summed E-state index contributed by atoms with van der Waals surface area (Å²) in [6, 6.07) is 9.13. The summed E-state index contributed by atoms with van der Waals surface area (Å²) in [7, 11) is 1.65. The predicted molar refractivity (Wildman–Crippen MR) is 124 cm³/mol. The van der Waals surface area contributed by atoms with Crippen LogP contribution in [-0.2, 0) is 13.1 Å². The zero-order chi connectivity index (χ0) is 24.4. The van der Waals surface area contributed by atoms with E-state index in [4.69, 9.17) is 16.3 Å². The van der Waals surface area contributed by atoms with E-state index in [1.807, 2.05) is 22.8 Å². The van der Waals surface area contributed by atoms with Crippen molar-refractivity contribution in [3.8, 4) is 11.4 Å². The van der Waals surface area contributed by atoms with Gasteiger partial charge in [-0.1, -0.05) is 11.6 Å². The lowest BCUT2D eigenvalue weighted by Crippen LogP contribution is -2.62. The van der Waals surface area contributed by atoms with Crippen molar-refractivity contribution in [2.24, 2.45) is 5.41 Å². The van der Waals surface area contributed by atoms with Crippen molar-refractivity contribution >= 4 is 17.4 Å². The molecule has 2 fully saturated rings. The smallest absolute Gasteiger partial charge is 0.401 e. The highest BCUT2D eigenvalue weighted by Crippen LogP contribution is 2.57. The Morgan fingerprint density at radius 3 is 2.69 bits per heavy atom. The van der Waals surface area contributed by atoms with Gasteiger partial charge in [0, 0.05) is 42.2 Å². The Morgan fingerprint density at radius 2 is 1.94 bits per heavy atom. The molecule has 0 N–H and O–H groups in total. The SMILES string of the molecule is COc1cccnc1N1CC2(CC(c3nnc4n3-c3ccc(Cl)cc3CN(CC(F)(F)F)C4)C2)C1. The Labute approximate surface area is 205 Å². The Morgan fingerprint density at radius 1 is 1.14 bits per heavy atom. The van der Waals surface area contributed by atoms with Crippen molar-refractivity contribution in [2.75, 3.05) is 31.6 Å². The monoisotopic (exact) mass is 504 g/mol. The van der Waals surface area contributed by atoms with E-state index in [1.165, 1.54) is 4.90 Å². The zero-order valence-corrected chi connectivity index (χ0v) is 19.9. The van der Waals surface area contributed by atoms with E-state index in [9.17, 15) is 13.2 Å². The van der Waals surface area contributed by atoms with Crippen LogP contribution in [0.15, 0.2) is 36.5 Å². The average Bonchev–Trinajstić information content (AvgIpc) is 3.07. The van der Waals surface area contributed by atoms with Crippen LogP contribution in [0.2, 0.25) is 5.02 Å². The van der Waals surface area contributed by atoms with Gasteiger partial charge in [0.15, 0.2) is 17.4 Å². The first-order chi connectivity index (χ1) is 16.7. The molecule has 0 radical (unpaired) electrons. The summed E-state index contributed by atoms with van der Waals surface area (Å²) in [5.41, 5.74) is 1.74. The summed E-state index contributed by atoms with van der Waals surface area (Å²) in [5.74, 6) is 3.16. The van der Waals surface area contributed by atoms with Gasteiger partial charge >= 0.3 is 6.18 Å². The number of methoxy groups -OCH3 is 1.